The van der Waals surface area contributed by atoms with E-state index in [-0.39, 0.29) is 0 Å². The predicted molar refractivity (Wildman–Crippen MR) is 31.2 cm³/mol. The Bertz CT molecular complexity index is 265. The van der Waals surface area contributed by atoms with Gasteiger partial charge >= 0.3 is 5.97 Å². The predicted octanol–water partition coefficient (Wildman–Crippen LogP) is -2.96. The van der Waals surface area contributed by atoms with Crippen LogP contribution in [0.25, 0.3) is 0 Å². The van der Waals surface area contributed by atoms with E-state index in [1.165, 1.54) is 0 Å². The molecule has 2 N–H and O–H groups in total. The highest BCUT2D eigenvalue weighted by Gasteiger charge is 2.31. The molecule has 0 bridgehead atoms. The van der Waals surface area contributed by atoms with Crippen molar-refractivity contribution in [1.29, 1.82) is 0 Å². The van der Waals surface area contributed by atoms with Crippen molar-refractivity contribution in [2.24, 2.45) is 0 Å². The first-order valence-corrected chi connectivity index (χ1v) is 3.04. The molecular formula is C6H5O6-. The van der Waals surface area contributed by atoms with Crippen LogP contribution in [0.3, 0.4) is 0 Å². The summed E-state index contributed by atoms with van der Waals surface area (Å²) in [7, 11) is 0. The van der Waals surface area contributed by atoms with E-state index in [1.54, 1.807) is 0 Å². The number of aliphatic hydroxyl groups excluding tert-OH is 2. The number of carbonyl (C=O) groups excluding carboxylic acids is 2. The molecule has 0 amide bonds. The van der Waals surface area contributed by atoms with Gasteiger partial charge in [0, 0.05) is 0 Å². The van der Waals surface area contributed by atoms with Crippen LogP contribution in [0.15, 0.2) is 11.5 Å². The Balaban J connectivity index is 2.92. The average molecular weight is 173 g/mol. The zero-order valence-electron chi connectivity index (χ0n) is 5.81. The summed E-state index contributed by atoms with van der Waals surface area (Å²) in [6.07, 6.45) is -1.60. The number of aliphatic hydroxyl groups is 2. The normalized spacial score (nSPS) is 19.8. The number of esters is 1. The molecule has 0 saturated carbocycles. The number of Topliss-reactive ketones (excluding diaryl/α,β-unsaturated/α-hetero) is 1. The lowest BCUT2D eigenvalue weighted by atomic mass is 10.2. The van der Waals surface area contributed by atoms with E-state index < -0.39 is 36.0 Å². The SMILES string of the molecule is O=C1OC(C(O)CO)=C([O-])C1=O. The third kappa shape index (κ3) is 1.17. The van der Waals surface area contributed by atoms with Crippen LogP contribution in [0.5, 0.6) is 0 Å². The van der Waals surface area contributed by atoms with Crippen molar-refractivity contribution < 1.29 is 29.6 Å². The first-order chi connectivity index (χ1) is 5.57. The van der Waals surface area contributed by atoms with Gasteiger partial charge in [-0.15, -0.1) is 0 Å². The van der Waals surface area contributed by atoms with Crippen LogP contribution in [0.4, 0.5) is 0 Å². The van der Waals surface area contributed by atoms with Gasteiger partial charge < -0.3 is 20.1 Å². The number of hydrogen-bond acceptors (Lipinski definition) is 6. The molecule has 1 unspecified atom stereocenters. The standard InChI is InChI=1S/C6H6O6/c7-1-2(8)5-3(9)4(10)6(11)12-5/h2,7-9H,1H2/p-1. The fourth-order valence-electron chi connectivity index (χ4n) is 0.699. The van der Waals surface area contributed by atoms with E-state index in [4.69, 9.17) is 10.2 Å². The summed E-state index contributed by atoms with van der Waals surface area (Å²) in [6, 6.07) is 0. The van der Waals surface area contributed by atoms with Gasteiger partial charge in [-0.25, -0.2) is 4.79 Å². The molecule has 0 fully saturated rings. The quantitative estimate of drug-likeness (QED) is 0.341. The van der Waals surface area contributed by atoms with Crippen molar-refractivity contribution >= 4 is 11.8 Å². The summed E-state index contributed by atoms with van der Waals surface area (Å²) in [5, 5.41) is 27.9. The summed E-state index contributed by atoms with van der Waals surface area (Å²) >= 11 is 0. The molecule has 6 nitrogen and oxygen atoms in total. The Morgan fingerprint density at radius 3 is 2.42 bits per heavy atom. The molecule has 0 aromatic carbocycles. The summed E-state index contributed by atoms with van der Waals surface area (Å²) in [5.41, 5.74) is 0. The molecule has 1 heterocycles. The molecule has 0 spiro atoms. The molecule has 0 aromatic rings. The second kappa shape index (κ2) is 2.92. The second-order valence-electron chi connectivity index (χ2n) is 2.11. The van der Waals surface area contributed by atoms with E-state index in [0.717, 1.165) is 0 Å². The monoisotopic (exact) mass is 173 g/mol. The summed E-state index contributed by atoms with van der Waals surface area (Å²) in [5.74, 6) is -4.53. The summed E-state index contributed by atoms with van der Waals surface area (Å²) < 4.78 is 4.11. The van der Waals surface area contributed by atoms with Gasteiger partial charge in [0.15, 0.2) is 0 Å². The maximum atomic E-state index is 10.7. The van der Waals surface area contributed by atoms with Crippen LogP contribution in [0, 0.1) is 0 Å². The van der Waals surface area contributed by atoms with Crippen molar-refractivity contribution in [1.82, 2.24) is 0 Å². The van der Waals surface area contributed by atoms with Gasteiger partial charge in [0.05, 0.1) is 6.61 Å². The highest BCUT2D eigenvalue weighted by atomic mass is 16.6. The molecule has 12 heavy (non-hydrogen) atoms. The van der Waals surface area contributed by atoms with Gasteiger partial charge in [-0.1, -0.05) is 0 Å². The van der Waals surface area contributed by atoms with Gasteiger partial charge in [0.25, 0.3) is 5.78 Å². The van der Waals surface area contributed by atoms with Crippen molar-refractivity contribution in [3.63, 3.8) is 0 Å². The van der Waals surface area contributed by atoms with E-state index in [9.17, 15) is 14.7 Å². The van der Waals surface area contributed by atoms with Gasteiger partial charge in [-0.3, -0.25) is 4.79 Å². The number of hydrogen-bond donors (Lipinski definition) is 2. The van der Waals surface area contributed by atoms with Gasteiger partial charge in [-0.2, -0.15) is 0 Å². The molecule has 0 aliphatic carbocycles. The maximum absolute atomic E-state index is 10.7. The zero-order valence-corrected chi connectivity index (χ0v) is 5.81. The molecular weight excluding hydrogens is 168 g/mol. The van der Waals surface area contributed by atoms with Crippen molar-refractivity contribution in [2.45, 2.75) is 6.10 Å². The van der Waals surface area contributed by atoms with E-state index in [0.29, 0.717) is 0 Å². The minimum atomic E-state index is -1.60. The molecule has 1 atom stereocenters. The molecule has 0 saturated heterocycles. The van der Waals surface area contributed by atoms with Crippen LogP contribution in [0.1, 0.15) is 0 Å². The van der Waals surface area contributed by atoms with Crippen molar-refractivity contribution in [2.75, 3.05) is 6.61 Å². The maximum Gasteiger partial charge on any atom is 0.383 e. The summed E-state index contributed by atoms with van der Waals surface area (Å²) in [4.78, 5) is 20.9. The van der Waals surface area contributed by atoms with Crippen LogP contribution in [0.2, 0.25) is 0 Å². The molecule has 6 heteroatoms. The molecule has 66 valence electrons. The molecule has 0 aromatic heterocycles. The van der Waals surface area contributed by atoms with E-state index >= 15 is 0 Å². The first-order valence-electron chi connectivity index (χ1n) is 3.04. The topological polar surface area (TPSA) is 107 Å². The van der Waals surface area contributed by atoms with Crippen LogP contribution >= 0.6 is 0 Å². The zero-order chi connectivity index (χ0) is 9.30. The third-order valence-corrected chi connectivity index (χ3v) is 1.29. The first kappa shape index (κ1) is 8.69. The van der Waals surface area contributed by atoms with E-state index in [2.05, 4.69) is 4.74 Å². The number of cyclic esters (lactones) is 1. The third-order valence-electron chi connectivity index (χ3n) is 1.29. The molecule has 1 rings (SSSR count). The average Bonchev–Trinajstić information content (AvgIpc) is 2.32. The summed E-state index contributed by atoms with van der Waals surface area (Å²) in [6.45, 7) is -0.776. The molecule has 0 radical (unpaired) electrons. The number of carbonyl (C=O) groups is 2. The highest BCUT2D eigenvalue weighted by molar-refractivity contribution is 6.41. The fraction of sp³-hybridized carbons (Fsp3) is 0.333. The largest absolute Gasteiger partial charge is 0.867 e. The minimum absolute atomic E-state index is 0.701. The lowest BCUT2D eigenvalue weighted by Gasteiger charge is -2.10. The van der Waals surface area contributed by atoms with Gasteiger partial charge in [0.1, 0.15) is 11.9 Å². The Hall–Kier alpha value is -1.40. The van der Waals surface area contributed by atoms with Gasteiger partial charge in [-0.05, 0) is 5.76 Å². The lowest BCUT2D eigenvalue weighted by molar-refractivity contribution is -0.300. The molecule has 1 aliphatic heterocycles. The minimum Gasteiger partial charge on any atom is -0.867 e. The lowest BCUT2D eigenvalue weighted by Crippen LogP contribution is -2.21. The second-order valence-corrected chi connectivity index (χ2v) is 2.11. The highest BCUT2D eigenvalue weighted by Crippen LogP contribution is 2.15. The molecule has 1 aliphatic rings. The Morgan fingerprint density at radius 2 is 2.08 bits per heavy atom. The van der Waals surface area contributed by atoms with Crippen LogP contribution in [-0.4, -0.2) is 34.7 Å². The van der Waals surface area contributed by atoms with Crippen LogP contribution in [-0.2, 0) is 14.3 Å². The smallest absolute Gasteiger partial charge is 0.383 e. The van der Waals surface area contributed by atoms with Crippen molar-refractivity contribution in [3.05, 3.63) is 11.5 Å². The Morgan fingerprint density at radius 1 is 1.50 bits per heavy atom. The Labute approximate surface area is 66.7 Å². The van der Waals surface area contributed by atoms with Crippen LogP contribution < -0.4 is 5.11 Å². The van der Waals surface area contributed by atoms with E-state index in [1.807, 2.05) is 0 Å². The number of ether oxygens (including phenoxy) is 1. The number of ketones is 1. The van der Waals surface area contributed by atoms with Crippen molar-refractivity contribution in [3.8, 4) is 0 Å². The number of rotatable bonds is 2. The Kier molecular flexibility index (Phi) is 2.11. The fourth-order valence-corrected chi connectivity index (χ4v) is 0.699. The van der Waals surface area contributed by atoms with Gasteiger partial charge in [0.2, 0.25) is 0 Å².